The second-order valence-electron chi connectivity index (χ2n) is 4.98. The molecule has 21 heavy (non-hydrogen) atoms. The molecule has 112 valence electrons. The van der Waals surface area contributed by atoms with Crippen molar-refractivity contribution in [2.75, 3.05) is 6.61 Å². The average Bonchev–Trinajstić information content (AvgIpc) is 2.46. The van der Waals surface area contributed by atoms with Crippen LogP contribution < -0.4 is 5.32 Å². The second kappa shape index (κ2) is 6.15. The van der Waals surface area contributed by atoms with Crippen LogP contribution in [-0.4, -0.2) is 21.8 Å². The Balaban J connectivity index is 2.23. The number of nitrogens with one attached hydrogen (secondary N) is 1. The predicted octanol–water partition coefficient (Wildman–Crippen LogP) is 2.06. The van der Waals surface area contributed by atoms with Crippen molar-refractivity contribution >= 4 is 0 Å². The summed E-state index contributed by atoms with van der Waals surface area (Å²) < 4.78 is 27.1. The summed E-state index contributed by atoms with van der Waals surface area (Å²) in [7, 11) is 0. The van der Waals surface area contributed by atoms with Crippen molar-refractivity contribution in [1.82, 2.24) is 10.3 Å². The van der Waals surface area contributed by atoms with Crippen LogP contribution in [0.2, 0.25) is 0 Å². The molecule has 3 N–H and O–H groups in total. The van der Waals surface area contributed by atoms with E-state index in [2.05, 4.69) is 10.3 Å². The quantitative estimate of drug-likeness (QED) is 0.790. The highest BCUT2D eigenvalue weighted by Gasteiger charge is 2.26. The fraction of sp³-hybridized carbons (Fsp3) is 0.267. The molecule has 0 aliphatic rings. The van der Waals surface area contributed by atoms with Crippen LogP contribution in [0.4, 0.5) is 8.78 Å². The Morgan fingerprint density at radius 3 is 2.48 bits per heavy atom. The first kappa shape index (κ1) is 15.3. The third-order valence-electron chi connectivity index (χ3n) is 3.41. The van der Waals surface area contributed by atoms with E-state index >= 15 is 0 Å². The Morgan fingerprint density at radius 1 is 1.24 bits per heavy atom. The highest BCUT2D eigenvalue weighted by atomic mass is 19.1. The summed E-state index contributed by atoms with van der Waals surface area (Å²) in [6, 6.07) is 6.34. The van der Waals surface area contributed by atoms with Gasteiger partial charge in [-0.2, -0.15) is 0 Å². The lowest BCUT2D eigenvalue weighted by Gasteiger charge is -2.29. The minimum atomic E-state index is -0.944. The average molecular weight is 294 g/mol. The smallest absolute Gasteiger partial charge is 0.148 e. The van der Waals surface area contributed by atoms with Gasteiger partial charge in [-0.05, 0) is 24.6 Å². The lowest BCUT2D eigenvalue weighted by atomic mass is 9.92. The van der Waals surface area contributed by atoms with Gasteiger partial charge in [0.2, 0.25) is 0 Å². The number of hydrogen-bond acceptors (Lipinski definition) is 4. The fourth-order valence-electron chi connectivity index (χ4n) is 1.99. The molecule has 1 aromatic carbocycles. The van der Waals surface area contributed by atoms with Crippen LogP contribution in [0.3, 0.4) is 0 Å². The van der Waals surface area contributed by atoms with Gasteiger partial charge in [0.1, 0.15) is 17.4 Å². The number of pyridine rings is 1. The summed E-state index contributed by atoms with van der Waals surface area (Å²) >= 11 is 0. The van der Waals surface area contributed by atoms with E-state index in [1.165, 1.54) is 12.1 Å². The Labute approximate surface area is 121 Å². The van der Waals surface area contributed by atoms with Gasteiger partial charge >= 0.3 is 0 Å². The highest BCUT2D eigenvalue weighted by molar-refractivity contribution is 5.32. The van der Waals surface area contributed by atoms with Crippen molar-refractivity contribution in [3.63, 3.8) is 0 Å². The summed E-state index contributed by atoms with van der Waals surface area (Å²) in [5.74, 6) is -1.45. The highest BCUT2D eigenvalue weighted by Crippen LogP contribution is 2.24. The van der Waals surface area contributed by atoms with Crippen molar-refractivity contribution in [3.8, 4) is 5.75 Å². The standard InChI is InChI=1S/C15H16F2N2O2/c1-15(9-20,10-3-2-4-11(21)5-10)19-6-12-13(16)7-18-8-14(12)17/h2-5,7-8,19-21H,6,9H2,1H3. The second-order valence-corrected chi connectivity index (χ2v) is 4.98. The van der Waals surface area contributed by atoms with Crippen molar-refractivity contribution in [2.24, 2.45) is 0 Å². The maximum Gasteiger partial charge on any atom is 0.148 e. The number of phenols is 1. The molecule has 0 amide bonds. The minimum absolute atomic E-state index is 0.0512. The maximum absolute atomic E-state index is 13.6. The van der Waals surface area contributed by atoms with E-state index in [-0.39, 0.29) is 24.5 Å². The summed E-state index contributed by atoms with van der Waals surface area (Å²) in [5, 5.41) is 22.0. The Bertz CT molecular complexity index is 617. The fourth-order valence-corrected chi connectivity index (χ4v) is 1.99. The van der Waals surface area contributed by atoms with Gasteiger partial charge in [-0.1, -0.05) is 12.1 Å². The third-order valence-corrected chi connectivity index (χ3v) is 3.41. The van der Waals surface area contributed by atoms with Gasteiger partial charge in [0, 0.05) is 12.1 Å². The van der Waals surface area contributed by atoms with Crippen LogP contribution in [0.1, 0.15) is 18.1 Å². The van der Waals surface area contributed by atoms with E-state index in [1.54, 1.807) is 19.1 Å². The molecule has 2 rings (SSSR count). The normalized spacial score (nSPS) is 13.9. The molecule has 6 heteroatoms. The Hall–Kier alpha value is -2.05. The van der Waals surface area contributed by atoms with E-state index in [0.717, 1.165) is 12.4 Å². The summed E-state index contributed by atoms with van der Waals surface area (Å²) in [4.78, 5) is 3.42. The van der Waals surface area contributed by atoms with Crippen molar-refractivity contribution in [2.45, 2.75) is 19.0 Å². The molecular weight excluding hydrogens is 278 g/mol. The van der Waals surface area contributed by atoms with Gasteiger partial charge in [0.25, 0.3) is 0 Å². The van der Waals surface area contributed by atoms with E-state index in [0.29, 0.717) is 5.56 Å². The zero-order valence-electron chi connectivity index (χ0n) is 11.5. The zero-order chi connectivity index (χ0) is 15.5. The van der Waals surface area contributed by atoms with E-state index in [9.17, 15) is 19.0 Å². The molecule has 0 radical (unpaired) electrons. The number of aliphatic hydroxyl groups excluding tert-OH is 1. The molecule has 0 saturated carbocycles. The molecule has 0 fully saturated rings. The predicted molar refractivity (Wildman–Crippen MR) is 73.5 cm³/mol. The van der Waals surface area contributed by atoms with Crippen molar-refractivity contribution < 1.29 is 19.0 Å². The number of aromatic nitrogens is 1. The number of hydrogen-bond donors (Lipinski definition) is 3. The lowest BCUT2D eigenvalue weighted by molar-refractivity contribution is 0.172. The maximum atomic E-state index is 13.6. The molecule has 4 nitrogen and oxygen atoms in total. The number of benzene rings is 1. The van der Waals surface area contributed by atoms with Crippen molar-refractivity contribution in [3.05, 3.63) is 59.4 Å². The van der Waals surface area contributed by atoms with E-state index in [4.69, 9.17) is 0 Å². The molecule has 1 unspecified atom stereocenters. The number of halogens is 2. The number of aliphatic hydroxyl groups is 1. The van der Waals surface area contributed by atoms with E-state index < -0.39 is 17.2 Å². The molecule has 2 aromatic rings. The minimum Gasteiger partial charge on any atom is -0.508 e. The third kappa shape index (κ3) is 3.34. The first-order valence-corrected chi connectivity index (χ1v) is 6.39. The first-order chi connectivity index (χ1) is 9.96. The van der Waals surface area contributed by atoms with Crippen LogP contribution in [0.15, 0.2) is 36.7 Å². The summed E-state index contributed by atoms with van der Waals surface area (Å²) in [6.45, 7) is 1.26. The Kier molecular flexibility index (Phi) is 4.50. The van der Waals surface area contributed by atoms with Gasteiger partial charge in [0.05, 0.1) is 24.5 Å². The topological polar surface area (TPSA) is 65.4 Å². The summed E-state index contributed by atoms with van der Waals surface area (Å²) in [5.41, 5.74) is -0.481. The Morgan fingerprint density at radius 2 is 1.90 bits per heavy atom. The van der Waals surface area contributed by atoms with Gasteiger partial charge in [-0.3, -0.25) is 4.98 Å². The molecule has 1 aromatic heterocycles. The number of nitrogens with zero attached hydrogens (tertiary/aromatic N) is 1. The van der Waals surface area contributed by atoms with Gasteiger partial charge in [-0.25, -0.2) is 8.78 Å². The SMILES string of the molecule is CC(CO)(NCc1c(F)cncc1F)c1cccc(O)c1. The molecule has 0 bridgehead atoms. The molecule has 1 atom stereocenters. The van der Waals surface area contributed by atoms with Crippen molar-refractivity contribution in [1.29, 1.82) is 0 Å². The molecular formula is C15H16F2N2O2. The van der Waals surface area contributed by atoms with Crippen LogP contribution in [0.25, 0.3) is 0 Å². The molecule has 0 aliphatic carbocycles. The van der Waals surface area contributed by atoms with Crippen LogP contribution in [0, 0.1) is 11.6 Å². The van der Waals surface area contributed by atoms with Crippen LogP contribution in [0.5, 0.6) is 5.75 Å². The van der Waals surface area contributed by atoms with Gasteiger partial charge in [-0.15, -0.1) is 0 Å². The first-order valence-electron chi connectivity index (χ1n) is 6.39. The largest absolute Gasteiger partial charge is 0.508 e. The molecule has 0 saturated heterocycles. The van der Waals surface area contributed by atoms with Crippen LogP contribution >= 0.6 is 0 Å². The van der Waals surface area contributed by atoms with Gasteiger partial charge < -0.3 is 15.5 Å². The monoisotopic (exact) mass is 294 g/mol. The number of phenolic OH excluding ortho intramolecular Hbond substituents is 1. The number of rotatable bonds is 5. The van der Waals surface area contributed by atoms with E-state index in [1.807, 2.05) is 0 Å². The lowest BCUT2D eigenvalue weighted by Crippen LogP contribution is -2.42. The molecule has 1 heterocycles. The molecule has 0 aliphatic heterocycles. The summed E-state index contributed by atoms with van der Waals surface area (Å²) in [6.07, 6.45) is 1.87. The molecule has 0 spiro atoms. The zero-order valence-corrected chi connectivity index (χ0v) is 11.5. The van der Waals surface area contributed by atoms with Crippen LogP contribution in [-0.2, 0) is 12.1 Å². The number of aromatic hydroxyl groups is 1. The van der Waals surface area contributed by atoms with Gasteiger partial charge in [0.15, 0.2) is 0 Å².